The van der Waals surface area contributed by atoms with Gasteiger partial charge in [0, 0.05) is 12.1 Å². The van der Waals surface area contributed by atoms with Crippen LogP contribution in [0, 0.1) is 5.92 Å². The fourth-order valence-corrected chi connectivity index (χ4v) is 4.80. The van der Waals surface area contributed by atoms with Crippen LogP contribution in [0.1, 0.15) is 69.8 Å². The second-order valence-electron chi connectivity index (χ2n) is 11.6. The van der Waals surface area contributed by atoms with Crippen molar-refractivity contribution in [3.63, 3.8) is 0 Å². The Morgan fingerprint density at radius 3 is 2.20 bits per heavy atom. The van der Waals surface area contributed by atoms with Crippen LogP contribution >= 0.6 is 0 Å². The van der Waals surface area contributed by atoms with Crippen molar-refractivity contribution in [1.29, 1.82) is 0 Å². The quantitative estimate of drug-likeness (QED) is 0.179. The number of hydrogen-bond donors (Lipinski definition) is 1. The predicted molar refractivity (Wildman–Crippen MR) is 157 cm³/mol. The summed E-state index contributed by atoms with van der Waals surface area (Å²) in [5.41, 5.74) is 3.14. The van der Waals surface area contributed by atoms with Crippen LogP contribution in [-0.2, 0) is 21.5 Å². The molecule has 0 saturated carbocycles. The van der Waals surface area contributed by atoms with E-state index in [2.05, 4.69) is 34.6 Å². The number of hydrogen-bond acceptors (Lipinski definition) is 5. The minimum Gasteiger partial charge on any atom is -0.507 e. The third kappa shape index (κ3) is 6.39. The van der Waals surface area contributed by atoms with Gasteiger partial charge in [-0.1, -0.05) is 83.1 Å². The zero-order valence-electron chi connectivity index (χ0n) is 24.2. The summed E-state index contributed by atoms with van der Waals surface area (Å²) in [6.07, 6.45) is 0. The molecule has 3 aromatic rings. The van der Waals surface area contributed by atoms with Gasteiger partial charge in [-0.2, -0.15) is 0 Å². The molecule has 1 aliphatic heterocycles. The van der Waals surface area contributed by atoms with Crippen molar-refractivity contribution in [1.82, 2.24) is 4.90 Å². The molecule has 40 heavy (non-hydrogen) atoms. The van der Waals surface area contributed by atoms with Gasteiger partial charge < -0.3 is 19.5 Å². The zero-order chi connectivity index (χ0) is 29.0. The minimum atomic E-state index is -0.759. The van der Waals surface area contributed by atoms with E-state index in [1.54, 1.807) is 18.2 Å². The number of rotatable bonds is 9. The summed E-state index contributed by atoms with van der Waals surface area (Å²) < 4.78 is 11.5. The van der Waals surface area contributed by atoms with Crippen molar-refractivity contribution >= 4 is 17.4 Å². The molecule has 210 valence electrons. The van der Waals surface area contributed by atoms with E-state index in [1.165, 1.54) is 4.90 Å². The minimum absolute atomic E-state index is 0.0590. The van der Waals surface area contributed by atoms with Gasteiger partial charge in [0.1, 0.15) is 17.3 Å². The number of nitrogens with zero attached hydrogens (tertiary/aromatic N) is 1. The van der Waals surface area contributed by atoms with Crippen molar-refractivity contribution in [3.05, 3.63) is 101 Å². The van der Waals surface area contributed by atoms with E-state index in [-0.39, 0.29) is 23.3 Å². The van der Waals surface area contributed by atoms with Crippen molar-refractivity contribution < 1.29 is 24.2 Å². The van der Waals surface area contributed by atoms with Gasteiger partial charge in [-0.3, -0.25) is 9.59 Å². The maximum absolute atomic E-state index is 13.5. The van der Waals surface area contributed by atoms with Crippen molar-refractivity contribution in [3.8, 4) is 11.5 Å². The third-order valence-corrected chi connectivity index (χ3v) is 6.89. The number of ketones is 1. The fourth-order valence-electron chi connectivity index (χ4n) is 4.80. The first kappa shape index (κ1) is 28.9. The molecule has 1 amide bonds. The largest absolute Gasteiger partial charge is 0.507 e. The number of ether oxygens (including phenoxy) is 2. The summed E-state index contributed by atoms with van der Waals surface area (Å²) in [5, 5.41) is 11.5. The number of Topliss-reactive ketones (excluding diaryl/α,β-unsaturated/α-hetero) is 1. The van der Waals surface area contributed by atoms with Gasteiger partial charge >= 0.3 is 0 Å². The molecule has 0 bridgehead atoms. The molecule has 1 aliphatic rings. The van der Waals surface area contributed by atoms with Crippen LogP contribution in [-0.4, -0.2) is 34.9 Å². The molecule has 0 radical (unpaired) electrons. The van der Waals surface area contributed by atoms with Crippen LogP contribution in [0.15, 0.2) is 78.4 Å². The first-order chi connectivity index (χ1) is 19.0. The molecule has 3 aromatic carbocycles. The number of carbonyl (C=O) groups is 2. The number of amides is 1. The molecule has 6 heteroatoms. The fraction of sp³-hybridized carbons (Fsp3) is 0.353. The van der Waals surface area contributed by atoms with Crippen LogP contribution < -0.4 is 9.47 Å². The molecule has 0 spiro atoms. The SMILES string of the molecule is CCOc1cccc(CN2C(=O)C(=O)/C(=C(\O)c3cccc(OCC(C)C)c3)C2c2ccc(C(C)(C)C)cc2)c1. The Morgan fingerprint density at radius 2 is 1.57 bits per heavy atom. The number of aliphatic hydroxyl groups is 1. The Balaban J connectivity index is 1.81. The second-order valence-corrected chi connectivity index (χ2v) is 11.6. The van der Waals surface area contributed by atoms with Crippen LogP contribution in [0.3, 0.4) is 0 Å². The summed E-state index contributed by atoms with van der Waals surface area (Å²) in [6, 6.07) is 21.7. The van der Waals surface area contributed by atoms with Gasteiger partial charge in [-0.05, 0) is 59.2 Å². The third-order valence-electron chi connectivity index (χ3n) is 6.89. The average molecular weight is 542 g/mol. The van der Waals surface area contributed by atoms with E-state index in [9.17, 15) is 14.7 Å². The molecule has 1 atom stereocenters. The molecule has 1 unspecified atom stereocenters. The number of carbonyl (C=O) groups excluding carboxylic acids is 2. The molecule has 0 aliphatic carbocycles. The Hall–Kier alpha value is -4.06. The maximum Gasteiger partial charge on any atom is 0.295 e. The summed E-state index contributed by atoms with van der Waals surface area (Å²) in [6.45, 7) is 13.7. The Labute approximate surface area is 237 Å². The predicted octanol–water partition coefficient (Wildman–Crippen LogP) is 7.04. The first-order valence-corrected chi connectivity index (χ1v) is 13.8. The number of benzene rings is 3. The topological polar surface area (TPSA) is 76.1 Å². The van der Waals surface area contributed by atoms with E-state index in [1.807, 2.05) is 61.5 Å². The standard InChI is InChI=1S/C34H39NO5/c1-7-39-27-12-8-10-23(18-27)20-35-30(24-14-16-26(17-15-24)34(4,5)6)29(32(37)33(35)38)31(36)25-11-9-13-28(19-25)40-21-22(2)3/h8-19,22,30,36H,7,20-21H2,1-6H3/b31-29-. The summed E-state index contributed by atoms with van der Waals surface area (Å²) in [5.74, 6) is 0.0349. The molecule has 1 saturated heterocycles. The van der Waals surface area contributed by atoms with Crippen LogP contribution in [0.5, 0.6) is 11.5 Å². The molecular weight excluding hydrogens is 502 g/mol. The van der Waals surface area contributed by atoms with E-state index in [4.69, 9.17) is 9.47 Å². The highest BCUT2D eigenvalue weighted by molar-refractivity contribution is 6.46. The molecule has 0 aromatic heterocycles. The van der Waals surface area contributed by atoms with E-state index in [0.717, 1.165) is 16.7 Å². The van der Waals surface area contributed by atoms with Gasteiger partial charge in [0.05, 0.1) is 24.8 Å². The smallest absolute Gasteiger partial charge is 0.295 e. The van der Waals surface area contributed by atoms with E-state index >= 15 is 0 Å². The van der Waals surface area contributed by atoms with Gasteiger partial charge in [-0.25, -0.2) is 0 Å². The normalized spacial score (nSPS) is 17.0. The van der Waals surface area contributed by atoms with Crippen LogP contribution in [0.25, 0.3) is 5.76 Å². The van der Waals surface area contributed by atoms with Crippen molar-refractivity contribution in [2.24, 2.45) is 5.92 Å². The monoisotopic (exact) mass is 541 g/mol. The number of likely N-dealkylation sites (tertiary alicyclic amines) is 1. The van der Waals surface area contributed by atoms with Gasteiger partial charge in [0.15, 0.2) is 0 Å². The molecule has 1 heterocycles. The number of aliphatic hydroxyl groups excluding tert-OH is 1. The Morgan fingerprint density at radius 1 is 0.925 bits per heavy atom. The molecule has 1 N–H and O–H groups in total. The summed E-state index contributed by atoms with van der Waals surface area (Å²) in [7, 11) is 0. The van der Waals surface area contributed by atoms with Crippen LogP contribution in [0.2, 0.25) is 0 Å². The molecule has 1 fully saturated rings. The molecule has 4 rings (SSSR count). The molecule has 6 nitrogen and oxygen atoms in total. The summed E-state index contributed by atoms with van der Waals surface area (Å²) in [4.78, 5) is 28.6. The lowest BCUT2D eigenvalue weighted by molar-refractivity contribution is -0.140. The van der Waals surface area contributed by atoms with Crippen molar-refractivity contribution in [2.75, 3.05) is 13.2 Å². The lowest BCUT2D eigenvalue weighted by Crippen LogP contribution is -2.29. The maximum atomic E-state index is 13.5. The zero-order valence-corrected chi connectivity index (χ0v) is 24.2. The Bertz CT molecular complexity index is 1400. The molecular formula is C34H39NO5. The van der Waals surface area contributed by atoms with Crippen molar-refractivity contribution in [2.45, 2.75) is 59.5 Å². The van der Waals surface area contributed by atoms with Gasteiger partial charge in [-0.15, -0.1) is 0 Å². The Kier molecular flexibility index (Phi) is 8.67. The highest BCUT2D eigenvalue weighted by Gasteiger charge is 2.46. The van der Waals surface area contributed by atoms with E-state index in [0.29, 0.717) is 36.2 Å². The van der Waals surface area contributed by atoms with Gasteiger partial charge in [0.25, 0.3) is 11.7 Å². The first-order valence-electron chi connectivity index (χ1n) is 13.8. The average Bonchev–Trinajstić information content (AvgIpc) is 3.16. The van der Waals surface area contributed by atoms with Crippen LogP contribution in [0.4, 0.5) is 0 Å². The van der Waals surface area contributed by atoms with E-state index < -0.39 is 17.7 Å². The highest BCUT2D eigenvalue weighted by Crippen LogP contribution is 2.41. The summed E-state index contributed by atoms with van der Waals surface area (Å²) >= 11 is 0. The second kappa shape index (κ2) is 12.0. The van der Waals surface area contributed by atoms with Gasteiger partial charge in [0.2, 0.25) is 0 Å². The lowest BCUT2D eigenvalue weighted by atomic mass is 9.85. The lowest BCUT2D eigenvalue weighted by Gasteiger charge is -2.27. The highest BCUT2D eigenvalue weighted by atomic mass is 16.5.